The molecule has 1 aromatic carbocycles. The van der Waals surface area contributed by atoms with Crippen molar-refractivity contribution in [2.75, 3.05) is 33.0 Å². The van der Waals surface area contributed by atoms with Gasteiger partial charge in [-0.05, 0) is 40.0 Å². The number of nitrogens with zero attached hydrogens (tertiary/aromatic N) is 1. The minimum Gasteiger partial charge on any atom is -0.453 e. The third kappa shape index (κ3) is 2.22. The van der Waals surface area contributed by atoms with Crippen LogP contribution in [0.2, 0.25) is 0 Å². The molecule has 3 rings (SSSR count). The van der Waals surface area contributed by atoms with Crippen LogP contribution < -0.4 is 14.8 Å². The smallest absolute Gasteiger partial charge is 0.231 e. The van der Waals surface area contributed by atoms with Gasteiger partial charge >= 0.3 is 0 Å². The Morgan fingerprint density at radius 3 is 2.78 bits per heavy atom. The molecular formula is C13H17BrN2O2. The normalized spacial score (nSPS) is 19.2. The van der Waals surface area contributed by atoms with Crippen molar-refractivity contribution >= 4 is 15.9 Å². The number of benzene rings is 1. The highest BCUT2D eigenvalue weighted by molar-refractivity contribution is 9.10. The predicted octanol–water partition coefficient (Wildman–Crippen LogP) is 1.89. The summed E-state index contributed by atoms with van der Waals surface area (Å²) in [7, 11) is 0. The summed E-state index contributed by atoms with van der Waals surface area (Å²) in [6.07, 6.45) is 0. The number of hydrogen-bond donors (Lipinski definition) is 1. The Labute approximate surface area is 115 Å². The minimum absolute atomic E-state index is 0.325. The molecule has 0 radical (unpaired) electrons. The zero-order chi connectivity index (χ0) is 12.5. The van der Waals surface area contributed by atoms with E-state index in [0.717, 1.165) is 48.7 Å². The average Bonchev–Trinajstić information content (AvgIpc) is 2.87. The summed E-state index contributed by atoms with van der Waals surface area (Å²) in [4.78, 5) is 2.47. The Balaban J connectivity index is 1.85. The molecule has 1 N–H and O–H groups in total. The molecule has 1 fully saturated rings. The number of fused-ring (bicyclic) bond motifs is 1. The van der Waals surface area contributed by atoms with Gasteiger partial charge in [0.15, 0.2) is 11.5 Å². The molecule has 2 aliphatic heterocycles. The van der Waals surface area contributed by atoms with E-state index < -0.39 is 0 Å². The second kappa shape index (κ2) is 5.07. The van der Waals surface area contributed by atoms with Gasteiger partial charge < -0.3 is 14.8 Å². The first-order valence-corrected chi connectivity index (χ1v) is 7.05. The van der Waals surface area contributed by atoms with Crippen LogP contribution in [0.5, 0.6) is 11.5 Å². The molecule has 1 aromatic rings. The van der Waals surface area contributed by atoms with Gasteiger partial charge in [-0.15, -0.1) is 0 Å². The molecule has 18 heavy (non-hydrogen) atoms. The lowest BCUT2D eigenvalue weighted by molar-refractivity contribution is 0.173. The lowest BCUT2D eigenvalue weighted by Gasteiger charge is -2.28. The van der Waals surface area contributed by atoms with Crippen LogP contribution >= 0.6 is 15.9 Å². The van der Waals surface area contributed by atoms with Crippen molar-refractivity contribution in [3.63, 3.8) is 0 Å². The number of ether oxygens (including phenoxy) is 2. The third-order valence-electron chi connectivity index (χ3n) is 3.56. The van der Waals surface area contributed by atoms with Crippen LogP contribution in [-0.4, -0.2) is 37.9 Å². The van der Waals surface area contributed by atoms with Crippen LogP contribution in [0.4, 0.5) is 0 Å². The molecule has 0 bridgehead atoms. The lowest BCUT2D eigenvalue weighted by Crippen LogP contribution is -2.43. The number of halogens is 1. The van der Waals surface area contributed by atoms with Crippen LogP contribution in [0, 0.1) is 6.92 Å². The van der Waals surface area contributed by atoms with Gasteiger partial charge in [0.2, 0.25) is 6.79 Å². The summed E-state index contributed by atoms with van der Waals surface area (Å²) in [6, 6.07) is 2.16. The zero-order valence-corrected chi connectivity index (χ0v) is 12.0. The number of hydrogen-bond acceptors (Lipinski definition) is 4. The molecule has 0 aliphatic carbocycles. The Morgan fingerprint density at radius 2 is 2.00 bits per heavy atom. The van der Waals surface area contributed by atoms with E-state index in [9.17, 15) is 0 Å². The largest absolute Gasteiger partial charge is 0.453 e. The van der Waals surface area contributed by atoms with Crippen molar-refractivity contribution < 1.29 is 9.47 Å². The monoisotopic (exact) mass is 312 g/mol. The summed E-state index contributed by atoms with van der Waals surface area (Å²) >= 11 is 3.56. The van der Waals surface area contributed by atoms with E-state index in [1.807, 2.05) is 0 Å². The van der Waals surface area contributed by atoms with Crippen molar-refractivity contribution in [1.82, 2.24) is 10.2 Å². The van der Waals surface area contributed by atoms with Crippen molar-refractivity contribution in [1.29, 1.82) is 0 Å². The average molecular weight is 313 g/mol. The quantitative estimate of drug-likeness (QED) is 0.904. The second-order valence-corrected chi connectivity index (χ2v) is 5.59. The standard InChI is InChI=1S/C13H17BrN2O2/c1-9-10(7-16-4-2-15-3-5-16)6-11(14)13-12(9)17-8-18-13/h6,15H,2-5,7-8H2,1H3. The summed E-state index contributed by atoms with van der Waals surface area (Å²) in [5.41, 5.74) is 2.51. The summed E-state index contributed by atoms with van der Waals surface area (Å²) in [5, 5.41) is 3.37. The van der Waals surface area contributed by atoms with E-state index in [2.05, 4.69) is 39.1 Å². The van der Waals surface area contributed by atoms with Crippen LogP contribution in [0.15, 0.2) is 10.5 Å². The van der Waals surface area contributed by atoms with Gasteiger partial charge in [-0.25, -0.2) is 0 Å². The van der Waals surface area contributed by atoms with E-state index in [4.69, 9.17) is 9.47 Å². The van der Waals surface area contributed by atoms with Crippen LogP contribution in [-0.2, 0) is 6.54 Å². The third-order valence-corrected chi connectivity index (χ3v) is 4.15. The summed E-state index contributed by atoms with van der Waals surface area (Å²) < 4.78 is 12.0. The van der Waals surface area contributed by atoms with Crippen molar-refractivity contribution in [2.24, 2.45) is 0 Å². The molecule has 0 saturated carbocycles. The maximum absolute atomic E-state index is 5.56. The van der Waals surface area contributed by atoms with Gasteiger partial charge in [-0.3, -0.25) is 4.90 Å². The SMILES string of the molecule is Cc1c(CN2CCNCC2)cc(Br)c2c1OCO2. The molecule has 2 heterocycles. The molecule has 0 atom stereocenters. The molecule has 0 aromatic heterocycles. The maximum atomic E-state index is 5.56. The maximum Gasteiger partial charge on any atom is 0.231 e. The Hall–Kier alpha value is -0.780. The molecule has 98 valence electrons. The Kier molecular flexibility index (Phi) is 3.46. The lowest BCUT2D eigenvalue weighted by atomic mass is 10.1. The second-order valence-electron chi connectivity index (χ2n) is 4.73. The first kappa shape index (κ1) is 12.3. The van der Waals surface area contributed by atoms with E-state index in [1.165, 1.54) is 11.1 Å². The van der Waals surface area contributed by atoms with E-state index in [1.54, 1.807) is 0 Å². The fourth-order valence-electron chi connectivity index (χ4n) is 2.48. The topological polar surface area (TPSA) is 33.7 Å². The number of piperazine rings is 1. The van der Waals surface area contributed by atoms with Gasteiger partial charge in [-0.2, -0.15) is 0 Å². The van der Waals surface area contributed by atoms with Crippen LogP contribution in [0.25, 0.3) is 0 Å². The molecule has 4 nitrogen and oxygen atoms in total. The van der Waals surface area contributed by atoms with Crippen LogP contribution in [0.3, 0.4) is 0 Å². The molecule has 0 spiro atoms. The minimum atomic E-state index is 0.325. The Bertz CT molecular complexity index is 459. The van der Waals surface area contributed by atoms with E-state index in [0.29, 0.717) is 6.79 Å². The highest BCUT2D eigenvalue weighted by atomic mass is 79.9. The molecule has 1 saturated heterocycles. The molecule has 5 heteroatoms. The van der Waals surface area contributed by atoms with Crippen molar-refractivity contribution in [2.45, 2.75) is 13.5 Å². The first-order valence-electron chi connectivity index (χ1n) is 6.26. The molecular weight excluding hydrogens is 296 g/mol. The van der Waals surface area contributed by atoms with Crippen molar-refractivity contribution in [3.05, 3.63) is 21.7 Å². The summed E-state index contributed by atoms with van der Waals surface area (Å²) in [6.45, 7) is 7.76. The van der Waals surface area contributed by atoms with Gasteiger partial charge in [0.25, 0.3) is 0 Å². The number of rotatable bonds is 2. The number of nitrogens with one attached hydrogen (secondary N) is 1. The Morgan fingerprint density at radius 1 is 1.28 bits per heavy atom. The zero-order valence-electron chi connectivity index (χ0n) is 10.5. The molecule has 0 amide bonds. The van der Waals surface area contributed by atoms with Gasteiger partial charge in [-0.1, -0.05) is 0 Å². The van der Waals surface area contributed by atoms with Gasteiger partial charge in [0, 0.05) is 32.7 Å². The van der Waals surface area contributed by atoms with Gasteiger partial charge in [0.1, 0.15) is 0 Å². The summed E-state index contributed by atoms with van der Waals surface area (Å²) in [5.74, 6) is 1.74. The van der Waals surface area contributed by atoms with E-state index in [-0.39, 0.29) is 0 Å². The molecule has 2 aliphatic rings. The van der Waals surface area contributed by atoms with Crippen LogP contribution in [0.1, 0.15) is 11.1 Å². The highest BCUT2D eigenvalue weighted by Crippen LogP contribution is 2.43. The van der Waals surface area contributed by atoms with E-state index >= 15 is 0 Å². The highest BCUT2D eigenvalue weighted by Gasteiger charge is 2.23. The molecule has 0 unspecified atom stereocenters. The predicted molar refractivity (Wildman–Crippen MR) is 73.1 cm³/mol. The van der Waals surface area contributed by atoms with Gasteiger partial charge in [0.05, 0.1) is 4.47 Å². The fourth-order valence-corrected chi connectivity index (χ4v) is 3.05. The first-order chi connectivity index (χ1) is 8.75. The van der Waals surface area contributed by atoms with Crippen molar-refractivity contribution in [3.8, 4) is 11.5 Å². The fraction of sp³-hybridized carbons (Fsp3) is 0.538.